The van der Waals surface area contributed by atoms with E-state index in [0.29, 0.717) is 44.3 Å². The molecule has 2 heterocycles. The van der Waals surface area contributed by atoms with Crippen molar-refractivity contribution >= 4 is 11.8 Å². The van der Waals surface area contributed by atoms with Crippen molar-refractivity contribution in [3.8, 4) is 0 Å². The number of amides is 2. The van der Waals surface area contributed by atoms with Gasteiger partial charge in [-0.1, -0.05) is 6.07 Å². The van der Waals surface area contributed by atoms with Crippen LogP contribution in [0, 0.1) is 11.7 Å². The van der Waals surface area contributed by atoms with Gasteiger partial charge in [0.25, 0.3) is 0 Å². The summed E-state index contributed by atoms with van der Waals surface area (Å²) < 4.78 is 18.4. The van der Waals surface area contributed by atoms with Gasteiger partial charge >= 0.3 is 6.03 Å². The summed E-state index contributed by atoms with van der Waals surface area (Å²) >= 11 is 0. The number of benzene rings is 1. The highest BCUT2D eigenvalue weighted by atomic mass is 19.1. The van der Waals surface area contributed by atoms with E-state index in [9.17, 15) is 14.0 Å². The summed E-state index contributed by atoms with van der Waals surface area (Å²) in [6.07, 6.45) is 3.62. The Morgan fingerprint density at radius 1 is 1.18 bits per heavy atom. The van der Waals surface area contributed by atoms with Crippen LogP contribution in [0.15, 0.2) is 42.6 Å². The van der Waals surface area contributed by atoms with Crippen molar-refractivity contribution in [3.63, 3.8) is 0 Å². The molecule has 2 amide bonds. The van der Waals surface area contributed by atoms with E-state index in [1.165, 1.54) is 24.3 Å². The van der Waals surface area contributed by atoms with E-state index in [-0.39, 0.29) is 17.6 Å². The minimum absolute atomic E-state index is 0.00496. The van der Waals surface area contributed by atoms with Crippen LogP contribution >= 0.6 is 0 Å². The number of urea groups is 1. The van der Waals surface area contributed by atoms with Crippen molar-refractivity contribution in [1.29, 1.82) is 0 Å². The van der Waals surface area contributed by atoms with Gasteiger partial charge in [-0.25, -0.2) is 9.18 Å². The SMILES string of the molecule is CCOCc1ccc(CNC(=O)N(C)CC2CCN(CC(=O)c3ccc(F)cc3)CC2)cn1. The zero-order valence-electron chi connectivity index (χ0n) is 19.4. The topological polar surface area (TPSA) is 74.8 Å². The molecule has 33 heavy (non-hydrogen) atoms. The first-order chi connectivity index (χ1) is 15.9. The van der Waals surface area contributed by atoms with Gasteiger partial charge in [0, 0.05) is 38.5 Å². The summed E-state index contributed by atoms with van der Waals surface area (Å²) in [5.41, 5.74) is 2.35. The lowest BCUT2D eigenvalue weighted by molar-refractivity contribution is 0.0886. The number of Topliss-reactive ketones (excluding diaryl/α,β-unsaturated/α-hetero) is 1. The average molecular weight is 457 g/mol. The van der Waals surface area contributed by atoms with Crippen molar-refractivity contribution < 1.29 is 18.7 Å². The average Bonchev–Trinajstić information content (AvgIpc) is 2.83. The molecule has 0 atom stereocenters. The van der Waals surface area contributed by atoms with Crippen LogP contribution in [-0.2, 0) is 17.9 Å². The molecule has 2 aromatic rings. The number of carbonyl (C=O) groups is 2. The van der Waals surface area contributed by atoms with Crippen LogP contribution in [0.3, 0.4) is 0 Å². The molecule has 0 bridgehead atoms. The molecule has 0 saturated carbocycles. The van der Waals surface area contributed by atoms with Crippen LogP contribution < -0.4 is 5.32 Å². The quantitative estimate of drug-likeness (QED) is 0.554. The first-order valence-corrected chi connectivity index (χ1v) is 11.5. The lowest BCUT2D eigenvalue weighted by Gasteiger charge is -2.33. The van der Waals surface area contributed by atoms with Gasteiger partial charge in [-0.2, -0.15) is 0 Å². The predicted octanol–water partition coefficient (Wildman–Crippen LogP) is 3.49. The van der Waals surface area contributed by atoms with E-state index in [2.05, 4.69) is 15.2 Å². The van der Waals surface area contributed by atoms with Crippen LogP contribution in [0.5, 0.6) is 0 Å². The first kappa shape index (κ1) is 24.8. The van der Waals surface area contributed by atoms with Crippen LogP contribution in [0.2, 0.25) is 0 Å². The number of ether oxygens (including phenoxy) is 1. The fourth-order valence-corrected chi connectivity index (χ4v) is 3.89. The predicted molar refractivity (Wildman–Crippen MR) is 124 cm³/mol. The summed E-state index contributed by atoms with van der Waals surface area (Å²) in [4.78, 5) is 33.1. The second-order valence-corrected chi connectivity index (χ2v) is 8.48. The van der Waals surface area contributed by atoms with Gasteiger partial charge in [0.15, 0.2) is 5.78 Å². The largest absolute Gasteiger partial charge is 0.375 e. The van der Waals surface area contributed by atoms with Crippen molar-refractivity contribution in [2.75, 3.05) is 39.8 Å². The third kappa shape index (κ3) is 7.91. The maximum atomic E-state index is 13.0. The molecule has 8 heteroatoms. The Morgan fingerprint density at radius 3 is 2.55 bits per heavy atom. The molecule has 1 aliphatic rings. The minimum Gasteiger partial charge on any atom is -0.375 e. The molecular weight excluding hydrogens is 423 g/mol. The van der Waals surface area contributed by atoms with E-state index in [1.54, 1.807) is 11.1 Å². The molecule has 0 spiro atoms. The van der Waals surface area contributed by atoms with E-state index in [0.717, 1.165) is 37.2 Å². The number of carbonyl (C=O) groups excluding carboxylic acids is 2. The van der Waals surface area contributed by atoms with Crippen LogP contribution in [0.25, 0.3) is 0 Å². The normalized spacial score (nSPS) is 14.8. The molecule has 178 valence electrons. The first-order valence-electron chi connectivity index (χ1n) is 11.5. The highest BCUT2D eigenvalue weighted by Gasteiger charge is 2.23. The number of hydrogen-bond donors (Lipinski definition) is 1. The minimum atomic E-state index is -0.340. The number of piperidine rings is 1. The number of ketones is 1. The number of rotatable bonds is 10. The molecule has 1 saturated heterocycles. The van der Waals surface area contributed by atoms with Gasteiger partial charge in [0.05, 0.1) is 18.8 Å². The molecule has 0 unspecified atom stereocenters. The Kier molecular flexibility index (Phi) is 9.33. The molecular formula is C25H33FN4O3. The smallest absolute Gasteiger partial charge is 0.317 e. The maximum Gasteiger partial charge on any atom is 0.317 e. The fourth-order valence-electron chi connectivity index (χ4n) is 3.89. The van der Waals surface area contributed by atoms with Crippen molar-refractivity contribution in [2.24, 2.45) is 5.92 Å². The molecule has 1 aromatic heterocycles. The fraction of sp³-hybridized carbons (Fsp3) is 0.480. The number of halogens is 1. The van der Waals surface area contributed by atoms with E-state index >= 15 is 0 Å². The Bertz CT molecular complexity index is 897. The second-order valence-electron chi connectivity index (χ2n) is 8.48. The molecule has 7 nitrogen and oxygen atoms in total. The zero-order valence-corrected chi connectivity index (χ0v) is 19.4. The number of nitrogens with one attached hydrogen (secondary N) is 1. The molecule has 0 radical (unpaired) electrons. The lowest BCUT2D eigenvalue weighted by atomic mass is 9.96. The molecule has 1 N–H and O–H groups in total. The standard InChI is InChI=1S/C25H33FN4O3/c1-3-33-18-23-9-4-20(14-27-23)15-28-25(32)29(2)16-19-10-12-30(13-11-19)17-24(31)21-5-7-22(26)8-6-21/h4-9,14,19H,3,10-13,15-18H2,1-2H3,(H,28,32). The van der Waals surface area contributed by atoms with E-state index in [1.807, 2.05) is 26.1 Å². The van der Waals surface area contributed by atoms with Crippen molar-refractivity contribution in [1.82, 2.24) is 20.1 Å². The van der Waals surface area contributed by atoms with E-state index < -0.39 is 0 Å². The van der Waals surface area contributed by atoms with Crippen LogP contribution in [-0.4, -0.2) is 66.4 Å². The van der Waals surface area contributed by atoms with Gasteiger partial charge in [0.1, 0.15) is 5.82 Å². The number of pyridine rings is 1. The Hall–Kier alpha value is -2.84. The Balaban J connectivity index is 1.36. The van der Waals surface area contributed by atoms with Crippen molar-refractivity contribution in [3.05, 3.63) is 65.2 Å². The zero-order chi connectivity index (χ0) is 23.6. The number of aromatic nitrogens is 1. The van der Waals surface area contributed by atoms with Crippen LogP contribution in [0.4, 0.5) is 9.18 Å². The lowest BCUT2D eigenvalue weighted by Crippen LogP contribution is -2.43. The van der Waals surface area contributed by atoms with Crippen LogP contribution in [0.1, 0.15) is 41.4 Å². The summed E-state index contributed by atoms with van der Waals surface area (Å²) in [5.74, 6) is 0.0652. The molecule has 3 rings (SSSR count). The monoisotopic (exact) mass is 456 g/mol. The Morgan fingerprint density at radius 2 is 1.91 bits per heavy atom. The third-order valence-electron chi connectivity index (χ3n) is 5.90. The van der Waals surface area contributed by atoms with E-state index in [4.69, 9.17) is 4.74 Å². The molecule has 1 fully saturated rings. The molecule has 1 aromatic carbocycles. The summed E-state index contributed by atoms with van der Waals surface area (Å²) in [7, 11) is 1.81. The highest BCUT2D eigenvalue weighted by Crippen LogP contribution is 2.19. The second kappa shape index (κ2) is 12.4. The van der Waals surface area contributed by atoms with Gasteiger partial charge in [-0.15, -0.1) is 0 Å². The number of hydrogen-bond acceptors (Lipinski definition) is 5. The maximum absolute atomic E-state index is 13.0. The summed E-state index contributed by atoms with van der Waals surface area (Å²) in [5, 5.41) is 2.94. The van der Waals surface area contributed by atoms with Gasteiger partial charge in [0.2, 0.25) is 0 Å². The summed E-state index contributed by atoms with van der Waals surface area (Å²) in [6, 6.07) is 9.44. The molecule has 1 aliphatic heterocycles. The van der Waals surface area contributed by atoms with Gasteiger partial charge in [-0.3, -0.25) is 14.7 Å². The summed E-state index contributed by atoms with van der Waals surface area (Å²) in [6.45, 7) is 6.16. The van der Waals surface area contributed by atoms with Crippen molar-refractivity contribution in [2.45, 2.75) is 32.9 Å². The highest BCUT2D eigenvalue weighted by molar-refractivity contribution is 5.97. The van der Waals surface area contributed by atoms with Gasteiger partial charge < -0.3 is 15.0 Å². The molecule has 0 aliphatic carbocycles. The number of likely N-dealkylation sites (tertiary alicyclic amines) is 1. The van der Waals surface area contributed by atoms with Gasteiger partial charge in [-0.05, 0) is 74.7 Å². The third-order valence-corrected chi connectivity index (χ3v) is 5.90. The number of nitrogens with zero attached hydrogens (tertiary/aromatic N) is 3. The Labute approximate surface area is 194 Å².